The molecule has 0 atom stereocenters. The van der Waals surface area contributed by atoms with Crippen LogP contribution in [0.5, 0.6) is 5.75 Å². The van der Waals surface area contributed by atoms with Crippen LogP contribution in [0.2, 0.25) is 0 Å². The number of hydrogen-bond donors (Lipinski definition) is 1. The minimum absolute atomic E-state index is 0.0157. The smallest absolute Gasteiger partial charge is 0.221 e. The molecule has 0 aromatic heterocycles. The Kier molecular flexibility index (Phi) is 5.49. The molecule has 5 heteroatoms. The van der Waals surface area contributed by atoms with Gasteiger partial charge in [0.1, 0.15) is 11.4 Å². The van der Waals surface area contributed by atoms with Crippen molar-refractivity contribution < 1.29 is 9.53 Å². The fraction of sp³-hybridized carbons (Fsp3) is 0.500. The molecular weight excluding hydrogens is 386 g/mol. The van der Waals surface area contributed by atoms with Gasteiger partial charge in [0, 0.05) is 51.0 Å². The third-order valence-electron chi connectivity index (χ3n) is 7.35. The lowest BCUT2D eigenvalue weighted by molar-refractivity contribution is -0.114. The minimum Gasteiger partial charge on any atom is -0.487 e. The van der Waals surface area contributed by atoms with E-state index >= 15 is 0 Å². The maximum Gasteiger partial charge on any atom is 0.221 e. The van der Waals surface area contributed by atoms with E-state index in [2.05, 4.69) is 52.5 Å². The van der Waals surface area contributed by atoms with Crippen molar-refractivity contribution in [2.24, 2.45) is 0 Å². The van der Waals surface area contributed by atoms with Crippen LogP contribution in [0.15, 0.2) is 42.5 Å². The van der Waals surface area contributed by atoms with Gasteiger partial charge in [0.25, 0.3) is 0 Å². The molecule has 31 heavy (non-hydrogen) atoms. The number of anilines is 1. The van der Waals surface area contributed by atoms with Crippen LogP contribution in [0.3, 0.4) is 0 Å². The van der Waals surface area contributed by atoms with E-state index in [0.717, 1.165) is 55.4 Å². The van der Waals surface area contributed by atoms with Crippen LogP contribution < -0.4 is 10.1 Å². The van der Waals surface area contributed by atoms with Crippen molar-refractivity contribution in [1.29, 1.82) is 0 Å². The molecule has 3 aliphatic heterocycles. The number of ether oxygens (including phenoxy) is 1. The number of likely N-dealkylation sites (tertiary alicyclic amines) is 2. The molecule has 5 rings (SSSR count). The van der Waals surface area contributed by atoms with E-state index in [9.17, 15) is 4.79 Å². The van der Waals surface area contributed by atoms with Gasteiger partial charge >= 0.3 is 0 Å². The average Bonchev–Trinajstić information content (AvgIpc) is 3.12. The Hall–Kier alpha value is -2.37. The minimum atomic E-state index is -0.0467. The number of benzene rings is 2. The molecular formula is C26H33N3O2. The van der Waals surface area contributed by atoms with Crippen molar-refractivity contribution in [2.75, 3.05) is 38.5 Å². The van der Waals surface area contributed by atoms with Gasteiger partial charge in [-0.05, 0) is 73.9 Å². The molecule has 3 aliphatic rings. The number of carbonyl (C=O) groups is 1. The summed E-state index contributed by atoms with van der Waals surface area (Å²) in [4.78, 5) is 16.4. The molecule has 3 heterocycles. The normalized spacial score (nSPS) is 21.6. The van der Waals surface area contributed by atoms with Crippen molar-refractivity contribution in [2.45, 2.75) is 50.7 Å². The Morgan fingerprint density at radius 1 is 1.00 bits per heavy atom. The van der Waals surface area contributed by atoms with Crippen LogP contribution in [-0.4, -0.2) is 60.6 Å². The van der Waals surface area contributed by atoms with Gasteiger partial charge in [-0.15, -0.1) is 0 Å². The lowest BCUT2D eigenvalue weighted by atomic mass is 9.85. The van der Waals surface area contributed by atoms with Crippen molar-refractivity contribution in [1.82, 2.24) is 9.80 Å². The topological polar surface area (TPSA) is 44.8 Å². The van der Waals surface area contributed by atoms with E-state index in [1.807, 2.05) is 12.1 Å². The molecule has 2 fully saturated rings. The lowest BCUT2D eigenvalue weighted by Crippen LogP contribution is -2.52. The summed E-state index contributed by atoms with van der Waals surface area (Å²) >= 11 is 0. The summed E-state index contributed by atoms with van der Waals surface area (Å²) in [5.74, 6) is 1.01. The van der Waals surface area contributed by atoms with E-state index < -0.39 is 0 Å². The van der Waals surface area contributed by atoms with Gasteiger partial charge < -0.3 is 15.0 Å². The van der Waals surface area contributed by atoms with Gasteiger partial charge in [-0.2, -0.15) is 0 Å². The first kappa shape index (κ1) is 20.5. The van der Waals surface area contributed by atoms with Crippen molar-refractivity contribution in [3.05, 3.63) is 48.0 Å². The van der Waals surface area contributed by atoms with Crippen LogP contribution in [0.4, 0.5) is 5.69 Å². The number of fused-ring (bicyclic) bond motifs is 1. The maximum atomic E-state index is 11.2. The van der Waals surface area contributed by atoms with Crippen LogP contribution >= 0.6 is 0 Å². The number of piperidine rings is 2. The van der Waals surface area contributed by atoms with Crippen molar-refractivity contribution in [3.8, 4) is 16.9 Å². The molecule has 2 aromatic rings. The van der Waals surface area contributed by atoms with Crippen molar-refractivity contribution >= 4 is 11.6 Å². The number of amides is 1. The number of carbonyl (C=O) groups excluding carboxylic acids is 1. The summed E-state index contributed by atoms with van der Waals surface area (Å²) < 4.78 is 6.56. The SMILES string of the molecule is CC(=O)Nc1ccc(-c2ccc3c(c2)CC2(CCN(C4CCN(C)CC4)CC2)O3)cc1. The molecule has 2 saturated heterocycles. The highest BCUT2D eigenvalue weighted by Crippen LogP contribution is 2.43. The molecule has 1 spiro atoms. The molecule has 0 saturated carbocycles. The van der Waals surface area contributed by atoms with Crippen molar-refractivity contribution in [3.63, 3.8) is 0 Å². The largest absolute Gasteiger partial charge is 0.487 e. The molecule has 1 N–H and O–H groups in total. The van der Waals surface area contributed by atoms with E-state index in [-0.39, 0.29) is 11.5 Å². The van der Waals surface area contributed by atoms with Crippen LogP contribution in [-0.2, 0) is 11.2 Å². The van der Waals surface area contributed by atoms with Gasteiger partial charge in [0.2, 0.25) is 5.91 Å². The third kappa shape index (κ3) is 4.35. The highest BCUT2D eigenvalue weighted by atomic mass is 16.5. The highest BCUT2D eigenvalue weighted by Gasteiger charge is 2.43. The first-order valence-electron chi connectivity index (χ1n) is 11.6. The zero-order valence-electron chi connectivity index (χ0n) is 18.7. The van der Waals surface area contributed by atoms with E-state index in [0.29, 0.717) is 0 Å². The number of rotatable bonds is 3. The van der Waals surface area contributed by atoms with Gasteiger partial charge in [-0.25, -0.2) is 0 Å². The number of nitrogens with one attached hydrogen (secondary N) is 1. The number of hydrogen-bond acceptors (Lipinski definition) is 4. The Bertz CT molecular complexity index is 940. The monoisotopic (exact) mass is 419 g/mol. The van der Waals surface area contributed by atoms with Crippen LogP contribution in [0.25, 0.3) is 11.1 Å². The standard InChI is InChI=1S/C26H33N3O2/c1-19(30)27-23-6-3-20(4-7-23)21-5-8-25-22(17-21)18-26(31-25)11-15-29(16-12-26)24-9-13-28(2)14-10-24/h3-8,17,24H,9-16,18H2,1-2H3,(H,27,30). The molecule has 1 amide bonds. The maximum absolute atomic E-state index is 11.2. The number of nitrogens with zero attached hydrogens (tertiary/aromatic N) is 2. The predicted octanol–water partition coefficient (Wildman–Crippen LogP) is 4.18. The second kappa shape index (κ2) is 8.29. The molecule has 0 bridgehead atoms. The predicted molar refractivity (Wildman–Crippen MR) is 125 cm³/mol. The molecule has 2 aromatic carbocycles. The Labute approximate surface area is 185 Å². The second-order valence-electron chi connectivity index (χ2n) is 9.61. The molecule has 0 aliphatic carbocycles. The van der Waals surface area contributed by atoms with Gasteiger partial charge in [0.05, 0.1) is 0 Å². The van der Waals surface area contributed by atoms with Crippen LogP contribution in [0.1, 0.15) is 38.2 Å². The summed E-state index contributed by atoms with van der Waals surface area (Å²) in [6.45, 7) is 6.29. The summed E-state index contributed by atoms with van der Waals surface area (Å²) in [5.41, 5.74) is 4.51. The quantitative estimate of drug-likeness (QED) is 0.811. The zero-order chi connectivity index (χ0) is 21.4. The summed E-state index contributed by atoms with van der Waals surface area (Å²) in [5, 5.41) is 2.83. The summed E-state index contributed by atoms with van der Waals surface area (Å²) in [6, 6.07) is 15.4. The fourth-order valence-electron chi connectivity index (χ4n) is 5.50. The molecule has 0 radical (unpaired) electrons. The van der Waals surface area contributed by atoms with E-state index in [4.69, 9.17) is 4.74 Å². The van der Waals surface area contributed by atoms with Gasteiger partial charge in [-0.3, -0.25) is 9.69 Å². The van der Waals surface area contributed by atoms with Gasteiger partial charge in [-0.1, -0.05) is 18.2 Å². The fourth-order valence-corrected chi connectivity index (χ4v) is 5.50. The Morgan fingerprint density at radius 2 is 1.68 bits per heavy atom. The molecule has 5 nitrogen and oxygen atoms in total. The molecule has 164 valence electrons. The first-order valence-corrected chi connectivity index (χ1v) is 11.6. The second-order valence-corrected chi connectivity index (χ2v) is 9.61. The van der Waals surface area contributed by atoms with Gasteiger partial charge in [0.15, 0.2) is 0 Å². The molecule has 0 unspecified atom stereocenters. The van der Waals surface area contributed by atoms with E-state index in [1.165, 1.54) is 44.0 Å². The first-order chi connectivity index (χ1) is 15.0. The summed E-state index contributed by atoms with van der Waals surface area (Å²) in [6.07, 6.45) is 5.86. The van der Waals surface area contributed by atoms with E-state index in [1.54, 1.807) is 0 Å². The average molecular weight is 420 g/mol. The Morgan fingerprint density at radius 3 is 2.35 bits per heavy atom. The highest BCUT2D eigenvalue weighted by molar-refractivity contribution is 5.89. The lowest BCUT2D eigenvalue weighted by Gasteiger charge is -2.44. The third-order valence-corrected chi connectivity index (χ3v) is 7.35. The Balaban J connectivity index is 1.24. The van der Waals surface area contributed by atoms with Crippen LogP contribution in [0, 0.1) is 0 Å². The zero-order valence-corrected chi connectivity index (χ0v) is 18.7. The summed E-state index contributed by atoms with van der Waals surface area (Å²) in [7, 11) is 2.23.